The highest BCUT2D eigenvalue weighted by atomic mass is 32.1. The van der Waals surface area contributed by atoms with Gasteiger partial charge in [-0.15, -0.1) is 16.4 Å². The van der Waals surface area contributed by atoms with Crippen molar-refractivity contribution in [3.8, 4) is 11.5 Å². The summed E-state index contributed by atoms with van der Waals surface area (Å²) in [5, 5.41) is 11.0. The summed E-state index contributed by atoms with van der Waals surface area (Å²) in [5.41, 5.74) is 1.04. The minimum absolute atomic E-state index is 0.0653. The van der Waals surface area contributed by atoms with Crippen LogP contribution in [0.5, 0.6) is 0 Å². The second kappa shape index (κ2) is 5.50. The van der Waals surface area contributed by atoms with Crippen LogP contribution < -0.4 is 0 Å². The van der Waals surface area contributed by atoms with Gasteiger partial charge in [0.25, 0.3) is 0 Å². The molecule has 134 valence electrons. The largest absolute Gasteiger partial charge is 0.432 e. The van der Waals surface area contributed by atoms with Crippen molar-refractivity contribution in [2.75, 3.05) is 0 Å². The number of halogens is 3. The van der Waals surface area contributed by atoms with E-state index >= 15 is 0 Å². The molecule has 0 amide bonds. The van der Waals surface area contributed by atoms with Crippen LogP contribution in [0.1, 0.15) is 35.4 Å². The van der Waals surface area contributed by atoms with Crippen molar-refractivity contribution in [3.63, 3.8) is 0 Å². The van der Waals surface area contributed by atoms with Gasteiger partial charge in [-0.3, -0.25) is 5.10 Å². The Kier molecular flexibility index (Phi) is 3.33. The molecule has 6 nitrogen and oxygen atoms in total. The number of nitrogens with one attached hydrogen (secondary N) is 1. The highest BCUT2D eigenvalue weighted by Gasteiger charge is 2.33. The van der Waals surface area contributed by atoms with Gasteiger partial charge >= 0.3 is 6.18 Å². The summed E-state index contributed by atoms with van der Waals surface area (Å²) in [4.78, 5) is 11.2. The SMILES string of the molecule is FC(F)(F)c1cc(-c2nc3c4c5c(sc4ncn3n2)CCCCC5)n[nH]1. The van der Waals surface area contributed by atoms with E-state index in [1.807, 2.05) is 5.10 Å². The Labute approximate surface area is 149 Å². The van der Waals surface area contributed by atoms with Crippen molar-refractivity contribution in [1.29, 1.82) is 0 Å². The molecule has 0 aromatic carbocycles. The molecule has 0 aliphatic heterocycles. The molecule has 5 rings (SSSR count). The van der Waals surface area contributed by atoms with E-state index in [0.717, 1.165) is 35.5 Å². The number of nitrogens with zero attached hydrogens (tertiary/aromatic N) is 5. The molecule has 1 aliphatic carbocycles. The molecule has 0 saturated carbocycles. The summed E-state index contributed by atoms with van der Waals surface area (Å²) in [6.07, 6.45) is 2.57. The number of hydrogen-bond acceptors (Lipinski definition) is 5. The Balaban J connectivity index is 1.69. The van der Waals surface area contributed by atoms with E-state index < -0.39 is 11.9 Å². The normalized spacial score (nSPS) is 15.5. The van der Waals surface area contributed by atoms with Gasteiger partial charge in [-0.2, -0.15) is 18.3 Å². The van der Waals surface area contributed by atoms with Crippen LogP contribution in [0.15, 0.2) is 12.4 Å². The number of hydrogen-bond donors (Lipinski definition) is 1. The minimum Gasteiger partial charge on any atom is -0.273 e. The molecule has 0 bridgehead atoms. The number of fused-ring (bicyclic) bond motifs is 5. The summed E-state index contributed by atoms with van der Waals surface area (Å²) in [7, 11) is 0. The molecule has 4 aromatic heterocycles. The lowest BCUT2D eigenvalue weighted by atomic mass is 10.1. The maximum absolute atomic E-state index is 12.8. The Morgan fingerprint density at radius 1 is 1.15 bits per heavy atom. The third-order valence-corrected chi connectivity index (χ3v) is 5.85. The first kappa shape index (κ1) is 15.7. The Morgan fingerprint density at radius 3 is 2.81 bits per heavy atom. The van der Waals surface area contributed by atoms with E-state index in [1.165, 1.54) is 27.8 Å². The van der Waals surface area contributed by atoms with Crippen LogP contribution in [0.3, 0.4) is 0 Å². The molecular weight excluding hydrogens is 365 g/mol. The zero-order valence-electron chi connectivity index (χ0n) is 13.5. The lowest BCUT2D eigenvalue weighted by Gasteiger charge is -1.99. The number of rotatable bonds is 1. The van der Waals surface area contributed by atoms with Gasteiger partial charge in [-0.05, 0) is 37.3 Å². The third kappa shape index (κ3) is 2.39. The minimum atomic E-state index is -4.48. The molecule has 0 radical (unpaired) electrons. The molecule has 0 unspecified atom stereocenters. The average molecular weight is 378 g/mol. The highest BCUT2D eigenvalue weighted by molar-refractivity contribution is 7.19. The molecule has 0 atom stereocenters. The lowest BCUT2D eigenvalue weighted by Crippen LogP contribution is -2.04. The van der Waals surface area contributed by atoms with Crippen molar-refractivity contribution < 1.29 is 13.2 Å². The van der Waals surface area contributed by atoms with Crippen LogP contribution >= 0.6 is 11.3 Å². The van der Waals surface area contributed by atoms with Crippen molar-refractivity contribution >= 4 is 27.2 Å². The fourth-order valence-electron chi connectivity index (χ4n) is 3.42. The number of aromatic amines is 1. The molecule has 1 N–H and O–H groups in total. The van der Waals surface area contributed by atoms with Crippen molar-refractivity contribution in [2.24, 2.45) is 0 Å². The van der Waals surface area contributed by atoms with E-state index in [0.29, 0.717) is 5.65 Å². The summed E-state index contributed by atoms with van der Waals surface area (Å²) < 4.78 is 39.9. The van der Waals surface area contributed by atoms with Crippen molar-refractivity contribution in [1.82, 2.24) is 29.8 Å². The lowest BCUT2D eigenvalue weighted by molar-refractivity contribution is -0.141. The monoisotopic (exact) mass is 378 g/mol. The number of thiophene rings is 1. The van der Waals surface area contributed by atoms with Gasteiger partial charge in [0.05, 0.1) is 5.39 Å². The third-order valence-electron chi connectivity index (χ3n) is 4.65. The van der Waals surface area contributed by atoms with Gasteiger partial charge in [0.1, 0.15) is 22.5 Å². The van der Waals surface area contributed by atoms with Gasteiger partial charge in [-0.25, -0.2) is 14.5 Å². The second-order valence-corrected chi connectivity index (χ2v) is 7.44. The first-order chi connectivity index (χ1) is 12.5. The van der Waals surface area contributed by atoms with E-state index in [2.05, 4.69) is 20.2 Å². The highest BCUT2D eigenvalue weighted by Crippen LogP contribution is 2.37. The first-order valence-electron chi connectivity index (χ1n) is 8.29. The zero-order valence-corrected chi connectivity index (χ0v) is 14.3. The van der Waals surface area contributed by atoms with E-state index in [1.54, 1.807) is 17.7 Å². The van der Waals surface area contributed by atoms with Gasteiger partial charge in [0.15, 0.2) is 5.65 Å². The molecule has 0 saturated heterocycles. The number of H-pyrrole nitrogens is 1. The van der Waals surface area contributed by atoms with Crippen LogP contribution in [0, 0.1) is 0 Å². The van der Waals surface area contributed by atoms with Crippen molar-refractivity contribution in [3.05, 3.63) is 28.5 Å². The fourth-order valence-corrected chi connectivity index (χ4v) is 4.64. The Morgan fingerprint density at radius 2 is 2.00 bits per heavy atom. The molecule has 26 heavy (non-hydrogen) atoms. The summed E-state index contributed by atoms with van der Waals surface area (Å²) in [6, 6.07) is 0.924. The van der Waals surface area contributed by atoms with Crippen LogP contribution in [0.25, 0.3) is 27.4 Å². The number of aryl methyl sites for hydroxylation is 2. The quantitative estimate of drug-likeness (QED) is 0.508. The van der Waals surface area contributed by atoms with Gasteiger partial charge in [0.2, 0.25) is 5.82 Å². The maximum Gasteiger partial charge on any atom is 0.432 e. The molecule has 10 heteroatoms. The molecule has 4 heterocycles. The molecule has 4 aromatic rings. The summed E-state index contributed by atoms with van der Waals surface area (Å²) in [6.45, 7) is 0. The predicted molar refractivity (Wildman–Crippen MR) is 90.0 cm³/mol. The maximum atomic E-state index is 12.8. The topological polar surface area (TPSA) is 71.8 Å². The smallest absolute Gasteiger partial charge is 0.273 e. The fraction of sp³-hybridized carbons (Fsp3) is 0.375. The van der Waals surface area contributed by atoms with Crippen LogP contribution in [-0.2, 0) is 19.0 Å². The van der Waals surface area contributed by atoms with E-state index in [4.69, 9.17) is 0 Å². The molecule has 0 fully saturated rings. The van der Waals surface area contributed by atoms with Crippen LogP contribution in [-0.4, -0.2) is 29.8 Å². The molecule has 0 spiro atoms. The molecular formula is C16H13F3N6S. The van der Waals surface area contributed by atoms with Crippen LogP contribution in [0.2, 0.25) is 0 Å². The first-order valence-corrected chi connectivity index (χ1v) is 9.11. The van der Waals surface area contributed by atoms with E-state index in [-0.39, 0.29) is 11.5 Å². The standard InChI is InChI=1S/C16H13F3N6S/c17-16(18,19)11-6-9(22-23-11)13-21-14-12-8-4-2-1-3-5-10(8)26-15(12)20-7-25(14)24-13/h6-7H,1-5H2,(H,22,23). The van der Waals surface area contributed by atoms with Crippen LogP contribution in [0.4, 0.5) is 13.2 Å². The van der Waals surface area contributed by atoms with E-state index in [9.17, 15) is 13.2 Å². The average Bonchev–Trinajstić information content (AvgIpc) is 3.27. The number of aromatic nitrogens is 6. The Hall–Kier alpha value is -2.49. The summed E-state index contributed by atoms with van der Waals surface area (Å²) in [5.74, 6) is 0.152. The Bertz CT molecular complexity index is 1120. The molecule has 1 aliphatic rings. The zero-order chi connectivity index (χ0) is 17.9. The summed E-state index contributed by atoms with van der Waals surface area (Å²) >= 11 is 1.68. The number of alkyl halides is 3. The van der Waals surface area contributed by atoms with Gasteiger partial charge in [-0.1, -0.05) is 6.42 Å². The van der Waals surface area contributed by atoms with Crippen molar-refractivity contribution in [2.45, 2.75) is 38.3 Å². The second-order valence-electron chi connectivity index (χ2n) is 6.36. The predicted octanol–water partition coefficient (Wildman–Crippen LogP) is 4.02. The van der Waals surface area contributed by atoms with Gasteiger partial charge in [0, 0.05) is 4.88 Å². The van der Waals surface area contributed by atoms with Gasteiger partial charge < -0.3 is 0 Å².